The summed E-state index contributed by atoms with van der Waals surface area (Å²) in [4.78, 5) is 0. The molecule has 0 aliphatic heterocycles. The highest BCUT2D eigenvalue weighted by molar-refractivity contribution is 5.36. The summed E-state index contributed by atoms with van der Waals surface area (Å²) in [5.74, 6) is 0.350. The summed E-state index contributed by atoms with van der Waals surface area (Å²) in [6.45, 7) is 3.33. The molecule has 1 saturated carbocycles. The Hall–Kier alpha value is -1.13. The number of nitrogens with one attached hydrogen (secondary N) is 1. The summed E-state index contributed by atoms with van der Waals surface area (Å²) in [7, 11) is 1.56. The fraction of sp³-hybridized carbons (Fsp3) is 0.625. The van der Waals surface area contributed by atoms with E-state index in [1.54, 1.807) is 19.2 Å². The van der Waals surface area contributed by atoms with Crippen LogP contribution in [0.25, 0.3) is 0 Å². The van der Waals surface area contributed by atoms with Crippen LogP contribution in [0, 0.1) is 5.82 Å². The predicted molar refractivity (Wildman–Crippen MR) is 77.6 cm³/mol. The number of hydrogen-bond donors (Lipinski definition) is 1. The van der Waals surface area contributed by atoms with Gasteiger partial charge in [-0.1, -0.05) is 18.9 Å². The summed E-state index contributed by atoms with van der Waals surface area (Å²) >= 11 is 0. The zero-order valence-electron chi connectivity index (χ0n) is 12.3. The van der Waals surface area contributed by atoms with Gasteiger partial charge in [0.25, 0.3) is 0 Å². The third-order valence-corrected chi connectivity index (χ3v) is 3.87. The van der Waals surface area contributed by atoms with Crippen molar-refractivity contribution < 1.29 is 13.9 Å². The summed E-state index contributed by atoms with van der Waals surface area (Å²) < 4.78 is 24.9. The van der Waals surface area contributed by atoms with E-state index in [0.29, 0.717) is 24.0 Å². The van der Waals surface area contributed by atoms with Crippen molar-refractivity contribution in [3.8, 4) is 5.75 Å². The Morgan fingerprint density at radius 3 is 2.80 bits per heavy atom. The highest BCUT2D eigenvalue weighted by atomic mass is 19.1. The van der Waals surface area contributed by atoms with E-state index in [1.165, 1.54) is 31.7 Å². The Bertz CT molecular complexity index is 419. The molecule has 20 heavy (non-hydrogen) atoms. The van der Waals surface area contributed by atoms with E-state index in [0.717, 1.165) is 6.54 Å². The zero-order chi connectivity index (χ0) is 14.4. The van der Waals surface area contributed by atoms with Crippen LogP contribution in [0.5, 0.6) is 5.75 Å². The van der Waals surface area contributed by atoms with Crippen LogP contribution in [0.15, 0.2) is 18.2 Å². The Labute approximate surface area is 120 Å². The lowest BCUT2D eigenvalue weighted by Gasteiger charge is -2.19. The third-order valence-electron chi connectivity index (χ3n) is 3.87. The number of benzene rings is 1. The first-order valence-electron chi connectivity index (χ1n) is 7.39. The largest absolute Gasteiger partial charge is 0.496 e. The van der Waals surface area contributed by atoms with E-state index in [2.05, 4.69) is 5.32 Å². The molecule has 1 N–H and O–H groups in total. The van der Waals surface area contributed by atoms with Crippen molar-refractivity contribution in [2.45, 2.75) is 44.8 Å². The van der Waals surface area contributed by atoms with Crippen LogP contribution in [-0.4, -0.2) is 26.4 Å². The molecule has 0 spiro atoms. The summed E-state index contributed by atoms with van der Waals surface area (Å²) in [6, 6.07) is 4.81. The van der Waals surface area contributed by atoms with Gasteiger partial charge in [-0.15, -0.1) is 0 Å². The number of ether oxygens (including phenoxy) is 2. The standard InChI is InChI=1S/C16H24FNO2/c1-12(16-14(17)8-5-9-15(16)19-2)18-10-11-20-13-6-3-4-7-13/h5,8-9,12-13,18H,3-4,6-7,10-11H2,1-2H3. The number of halogens is 1. The molecule has 0 amide bonds. The quantitative estimate of drug-likeness (QED) is 0.777. The van der Waals surface area contributed by atoms with Gasteiger partial charge in [0.1, 0.15) is 11.6 Å². The van der Waals surface area contributed by atoms with Gasteiger partial charge in [0.15, 0.2) is 0 Å². The maximum absolute atomic E-state index is 13.9. The van der Waals surface area contributed by atoms with Crippen LogP contribution in [0.1, 0.15) is 44.2 Å². The highest BCUT2D eigenvalue weighted by Crippen LogP contribution is 2.27. The Morgan fingerprint density at radius 1 is 1.35 bits per heavy atom. The predicted octanol–water partition coefficient (Wildman–Crippen LogP) is 3.44. The molecule has 1 unspecified atom stereocenters. The first-order valence-corrected chi connectivity index (χ1v) is 7.39. The van der Waals surface area contributed by atoms with Gasteiger partial charge in [0, 0.05) is 18.2 Å². The first-order chi connectivity index (χ1) is 9.72. The van der Waals surface area contributed by atoms with E-state index in [9.17, 15) is 4.39 Å². The Balaban J connectivity index is 1.80. The van der Waals surface area contributed by atoms with Crippen molar-refractivity contribution in [3.63, 3.8) is 0 Å². The van der Waals surface area contributed by atoms with Gasteiger partial charge in [-0.05, 0) is 31.9 Å². The van der Waals surface area contributed by atoms with Crippen LogP contribution in [-0.2, 0) is 4.74 Å². The van der Waals surface area contributed by atoms with Gasteiger partial charge in [-0.2, -0.15) is 0 Å². The summed E-state index contributed by atoms with van der Waals surface area (Å²) in [5.41, 5.74) is 0.580. The topological polar surface area (TPSA) is 30.5 Å². The molecule has 3 nitrogen and oxygen atoms in total. The zero-order valence-corrected chi connectivity index (χ0v) is 12.3. The van der Waals surface area contributed by atoms with Gasteiger partial charge >= 0.3 is 0 Å². The van der Waals surface area contributed by atoms with E-state index >= 15 is 0 Å². The van der Waals surface area contributed by atoms with E-state index in [-0.39, 0.29) is 11.9 Å². The molecule has 1 aliphatic carbocycles. The molecule has 0 saturated heterocycles. The highest BCUT2D eigenvalue weighted by Gasteiger charge is 2.17. The second-order valence-electron chi connectivity index (χ2n) is 5.31. The minimum Gasteiger partial charge on any atom is -0.496 e. The Kier molecular flexibility index (Phi) is 5.80. The van der Waals surface area contributed by atoms with Crippen molar-refractivity contribution in [2.75, 3.05) is 20.3 Å². The molecular weight excluding hydrogens is 257 g/mol. The minimum atomic E-state index is -0.235. The van der Waals surface area contributed by atoms with Crippen molar-refractivity contribution in [2.24, 2.45) is 0 Å². The van der Waals surface area contributed by atoms with Crippen LogP contribution in [0.2, 0.25) is 0 Å². The SMILES string of the molecule is COc1cccc(F)c1C(C)NCCOC1CCCC1. The smallest absolute Gasteiger partial charge is 0.131 e. The van der Waals surface area contributed by atoms with Crippen LogP contribution < -0.4 is 10.1 Å². The average molecular weight is 281 g/mol. The minimum absolute atomic E-state index is 0.0988. The van der Waals surface area contributed by atoms with E-state index in [1.807, 2.05) is 6.92 Å². The molecule has 112 valence electrons. The average Bonchev–Trinajstić information content (AvgIpc) is 2.96. The normalized spacial score (nSPS) is 17.4. The van der Waals surface area contributed by atoms with Crippen molar-refractivity contribution >= 4 is 0 Å². The number of methoxy groups -OCH3 is 1. The molecule has 1 aliphatic rings. The molecule has 1 aromatic carbocycles. The first kappa shape index (κ1) is 15.3. The van der Waals surface area contributed by atoms with Crippen LogP contribution >= 0.6 is 0 Å². The summed E-state index contributed by atoms with van der Waals surface area (Å²) in [6.07, 6.45) is 5.34. The molecular formula is C16H24FNO2. The van der Waals surface area contributed by atoms with Crippen molar-refractivity contribution in [3.05, 3.63) is 29.6 Å². The maximum Gasteiger partial charge on any atom is 0.131 e. The maximum atomic E-state index is 13.9. The molecule has 0 radical (unpaired) electrons. The monoisotopic (exact) mass is 281 g/mol. The lowest BCUT2D eigenvalue weighted by molar-refractivity contribution is 0.0592. The molecule has 1 aromatic rings. The molecule has 4 heteroatoms. The molecule has 1 fully saturated rings. The van der Waals surface area contributed by atoms with Gasteiger partial charge in [-0.25, -0.2) is 4.39 Å². The number of hydrogen-bond acceptors (Lipinski definition) is 3. The molecule has 0 heterocycles. The molecule has 0 bridgehead atoms. The number of rotatable bonds is 7. The summed E-state index contributed by atoms with van der Waals surface area (Å²) in [5, 5.41) is 3.29. The van der Waals surface area contributed by atoms with Gasteiger partial charge in [-0.3, -0.25) is 0 Å². The van der Waals surface area contributed by atoms with Gasteiger partial charge in [0.05, 0.1) is 19.8 Å². The van der Waals surface area contributed by atoms with Crippen LogP contribution in [0.4, 0.5) is 4.39 Å². The second-order valence-corrected chi connectivity index (χ2v) is 5.31. The molecule has 1 atom stereocenters. The van der Waals surface area contributed by atoms with Gasteiger partial charge < -0.3 is 14.8 Å². The lowest BCUT2D eigenvalue weighted by Crippen LogP contribution is -2.26. The van der Waals surface area contributed by atoms with Crippen LogP contribution in [0.3, 0.4) is 0 Å². The lowest BCUT2D eigenvalue weighted by atomic mass is 10.1. The Morgan fingerprint density at radius 2 is 2.10 bits per heavy atom. The van der Waals surface area contributed by atoms with Crippen molar-refractivity contribution in [1.29, 1.82) is 0 Å². The third kappa shape index (κ3) is 3.93. The van der Waals surface area contributed by atoms with E-state index < -0.39 is 0 Å². The van der Waals surface area contributed by atoms with Gasteiger partial charge in [0.2, 0.25) is 0 Å². The molecule has 0 aromatic heterocycles. The fourth-order valence-corrected chi connectivity index (χ4v) is 2.77. The fourth-order valence-electron chi connectivity index (χ4n) is 2.77. The second kappa shape index (κ2) is 7.60. The van der Waals surface area contributed by atoms with E-state index in [4.69, 9.17) is 9.47 Å². The van der Waals surface area contributed by atoms with Crippen molar-refractivity contribution in [1.82, 2.24) is 5.32 Å². The molecule has 2 rings (SSSR count).